The summed E-state index contributed by atoms with van der Waals surface area (Å²) in [6.07, 6.45) is 2.51. The number of ketones is 1. The van der Waals surface area contributed by atoms with Crippen LogP contribution in [-0.4, -0.2) is 35.5 Å². The zero-order valence-electron chi connectivity index (χ0n) is 19.9. The standard InChI is InChI=1S/C25H27ClN4O4S/c1-14(2)34-22-11-16-9-10-21(31)17(16)12-20(22)29-25-27-13-18(26)24(30-25)28-19-7-5-6-8-23(19)35(32,33)15(3)4/h5-8,11-15H,9-10H2,1-4H3,(H2,27,28,29,30). The van der Waals surface area contributed by atoms with E-state index in [0.717, 1.165) is 5.56 Å². The molecule has 0 aliphatic heterocycles. The van der Waals surface area contributed by atoms with Crippen molar-refractivity contribution in [2.24, 2.45) is 0 Å². The van der Waals surface area contributed by atoms with Gasteiger partial charge in [-0.3, -0.25) is 4.79 Å². The van der Waals surface area contributed by atoms with Crippen molar-refractivity contribution >= 4 is 50.4 Å². The molecule has 0 spiro atoms. The van der Waals surface area contributed by atoms with Crippen molar-refractivity contribution < 1.29 is 17.9 Å². The number of ether oxygens (including phenoxy) is 1. The molecule has 184 valence electrons. The number of hydrogen-bond donors (Lipinski definition) is 2. The fourth-order valence-corrected chi connectivity index (χ4v) is 5.10. The van der Waals surface area contributed by atoms with Gasteiger partial charge < -0.3 is 15.4 Å². The van der Waals surface area contributed by atoms with E-state index in [1.165, 1.54) is 6.20 Å². The number of anilines is 4. The van der Waals surface area contributed by atoms with Crippen LogP contribution in [0.2, 0.25) is 5.02 Å². The Morgan fingerprint density at radius 2 is 1.77 bits per heavy atom. The van der Waals surface area contributed by atoms with Crippen molar-refractivity contribution in [2.75, 3.05) is 10.6 Å². The Hall–Kier alpha value is -3.17. The van der Waals surface area contributed by atoms with Crippen LogP contribution in [0.4, 0.5) is 23.1 Å². The number of aromatic nitrogens is 2. The van der Waals surface area contributed by atoms with Gasteiger partial charge in [0.25, 0.3) is 0 Å². The van der Waals surface area contributed by atoms with Gasteiger partial charge in [-0.15, -0.1) is 0 Å². The number of carbonyl (C=O) groups is 1. The van der Waals surface area contributed by atoms with Crippen molar-refractivity contribution in [1.82, 2.24) is 9.97 Å². The van der Waals surface area contributed by atoms with Crippen LogP contribution in [0.3, 0.4) is 0 Å². The summed E-state index contributed by atoms with van der Waals surface area (Å²) in [5, 5.41) is 5.79. The Morgan fingerprint density at radius 3 is 2.49 bits per heavy atom. The quantitative estimate of drug-likeness (QED) is 0.393. The lowest BCUT2D eigenvalue weighted by Crippen LogP contribution is -2.15. The number of benzene rings is 2. The van der Waals surface area contributed by atoms with Gasteiger partial charge in [-0.1, -0.05) is 23.7 Å². The van der Waals surface area contributed by atoms with Crippen LogP contribution >= 0.6 is 11.6 Å². The Kier molecular flexibility index (Phi) is 7.00. The third-order valence-corrected chi connectivity index (χ3v) is 8.03. The predicted molar refractivity (Wildman–Crippen MR) is 137 cm³/mol. The number of nitrogens with zero attached hydrogens (tertiary/aromatic N) is 2. The van der Waals surface area contributed by atoms with E-state index >= 15 is 0 Å². The monoisotopic (exact) mass is 514 g/mol. The molecule has 2 N–H and O–H groups in total. The summed E-state index contributed by atoms with van der Waals surface area (Å²) in [5.74, 6) is 1.12. The van der Waals surface area contributed by atoms with E-state index < -0.39 is 15.1 Å². The first kappa shape index (κ1) is 24.9. The molecule has 1 aliphatic carbocycles. The fourth-order valence-electron chi connectivity index (χ4n) is 3.76. The van der Waals surface area contributed by atoms with E-state index in [0.29, 0.717) is 35.5 Å². The summed E-state index contributed by atoms with van der Waals surface area (Å²) in [4.78, 5) is 21.2. The van der Waals surface area contributed by atoms with Crippen molar-refractivity contribution in [2.45, 2.75) is 56.8 Å². The molecule has 0 atom stereocenters. The molecule has 0 bridgehead atoms. The third-order valence-electron chi connectivity index (χ3n) is 5.55. The van der Waals surface area contributed by atoms with Crippen molar-refractivity contribution in [1.29, 1.82) is 0 Å². The molecule has 0 saturated heterocycles. The molecule has 0 saturated carbocycles. The average molecular weight is 515 g/mol. The molecule has 0 radical (unpaired) electrons. The van der Waals surface area contributed by atoms with Gasteiger partial charge in [-0.25, -0.2) is 13.4 Å². The molecule has 0 amide bonds. The number of carbonyl (C=O) groups excluding carboxylic acids is 1. The smallest absolute Gasteiger partial charge is 0.229 e. The molecule has 35 heavy (non-hydrogen) atoms. The van der Waals surface area contributed by atoms with Crippen LogP contribution in [0.5, 0.6) is 5.75 Å². The molecule has 2 aromatic carbocycles. The van der Waals surface area contributed by atoms with E-state index in [1.54, 1.807) is 44.2 Å². The largest absolute Gasteiger partial charge is 0.489 e. The second-order valence-corrected chi connectivity index (χ2v) is 11.7. The van der Waals surface area contributed by atoms with Gasteiger partial charge in [0, 0.05) is 12.0 Å². The van der Waals surface area contributed by atoms with Gasteiger partial charge in [0.05, 0.1) is 33.8 Å². The molecule has 1 heterocycles. The maximum absolute atomic E-state index is 12.8. The van der Waals surface area contributed by atoms with Gasteiger partial charge >= 0.3 is 0 Å². The van der Waals surface area contributed by atoms with Crippen LogP contribution in [0.15, 0.2) is 47.5 Å². The van der Waals surface area contributed by atoms with Gasteiger partial charge in [0.2, 0.25) is 5.95 Å². The van der Waals surface area contributed by atoms with E-state index in [4.69, 9.17) is 16.3 Å². The fraction of sp³-hybridized carbons (Fsp3) is 0.320. The normalized spacial score (nSPS) is 13.3. The Morgan fingerprint density at radius 1 is 1.03 bits per heavy atom. The number of para-hydroxylation sites is 1. The first-order valence-electron chi connectivity index (χ1n) is 11.3. The number of Topliss-reactive ketones (excluding diaryl/α,β-unsaturated/α-hetero) is 1. The maximum atomic E-state index is 12.8. The highest BCUT2D eigenvalue weighted by Gasteiger charge is 2.24. The number of sulfone groups is 1. The predicted octanol–water partition coefficient (Wildman–Crippen LogP) is 5.72. The average Bonchev–Trinajstić information content (AvgIpc) is 3.15. The molecular formula is C25H27ClN4O4S. The summed E-state index contributed by atoms with van der Waals surface area (Å²) in [7, 11) is -3.54. The minimum absolute atomic E-state index is 0.0755. The lowest BCUT2D eigenvalue weighted by molar-refractivity contribution is 0.0994. The highest BCUT2D eigenvalue weighted by atomic mass is 35.5. The number of hydrogen-bond acceptors (Lipinski definition) is 8. The van der Waals surface area contributed by atoms with Gasteiger partial charge in [-0.2, -0.15) is 4.98 Å². The van der Waals surface area contributed by atoms with Gasteiger partial charge in [0.1, 0.15) is 10.8 Å². The summed E-state index contributed by atoms with van der Waals surface area (Å²) >= 11 is 6.34. The van der Waals surface area contributed by atoms with E-state index in [1.807, 2.05) is 19.9 Å². The molecule has 3 aromatic rings. The van der Waals surface area contributed by atoms with Gasteiger partial charge in [-0.05, 0) is 63.9 Å². The number of rotatable bonds is 8. The van der Waals surface area contributed by atoms with Crippen LogP contribution in [0.25, 0.3) is 0 Å². The number of fused-ring (bicyclic) bond motifs is 1. The van der Waals surface area contributed by atoms with Crippen molar-refractivity contribution in [3.05, 3.63) is 58.7 Å². The van der Waals surface area contributed by atoms with Crippen LogP contribution in [0, 0.1) is 0 Å². The lowest BCUT2D eigenvalue weighted by atomic mass is 10.1. The Labute approximate surface area is 210 Å². The zero-order chi connectivity index (χ0) is 25.3. The Balaban J connectivity index is 1.69. The molecule has 8 nitrogen and oxygen atoms in total. The number of halogens is 1. The van der Waals surface area contributed by atoms with Crippen molar-refractivity contribution in [3.63, 3.8) is 0 Å². The Bertz CT molecular complexity index is 1390. The topological polar surface area (TPSA) is 110 Å². The van der Waals surface area contributed by atoms with E-state index in [2.05, 4.69) is 20.6 Å². The molecule has 10 heteroatoms. The zero-order valence-corrected chi connectivity index (χ0v) is 21.5. The minimum Gasteiger partial charge on any atom is -0.489 e. The van der Waals surface area contributed by atoms with E-state index in [9.17, 15) is 13.2 Å². The first-order chi connectivity index (χ1) is 16.6. The van der Waals surface area contributed by atoms with Gasteiger partial charge in [0.15, 0.2) is 21.4 Å². The summed E-state index contributed by atoms with van der Waals surface area (Å²) < 4.78 is 31.6. The number of aryl methyl sites for hydroxylation is 1. The molecule has 1 aromatic heterocycles. The highest BCUT2D eigenvalue weighted by Crippen LogP contribution is 2.36. The number of nitrogens with one attached hydrogen (secondary N) is 2. The van der Waals surface area contributed by atoms with Crippen LogP contribution in [0.1, 0.15) is 50.0 Å². The lowest BCUT2D eigenvalue weighted by Gasteiger charge is -2.18. The van der Waals surface area contributed by atoms with E-state index in [-0.39, 0.29) is 33.6 Å². The molecule has 1 aliphatic rings. The summed E-state index contributed by atoms with van der Waals surface area (Å²) in [6, 6.07) is 10.2. The highest BCUT2D eigenvalue weighted by molar-refractivity contribution is 7.92. The molecule has 0 unspecified atom stereocenters. The molecule has 4 rings (SSSR count). The second-order valence-electron chi connectivity index (χ2n) is 8.83. The SMILES string of the molecule is CC(C)Oc1cc2c(cc1Nc1ncc(Cl)c(Nc3ccccc3S(=O)(=O)C(C)C)n1)C(=O)CC2. The second kappa shape index (κ2) is 9.83. The molecule has 0 fully saturated rings. The summed E-state index contributed by atoms with van der Waals surface area (Å²) in [5.41, 5.74) is 2.53. The van der Waals surface area contributed by atoms with Crippen LogP contribution in [-0.2, 0) is 16.3 Å². The minimum atomic E-state index is -3.54. The maximum Gasteiger partial charge on any atom is 0.229 e. The van der Waals surface area contributed by atoms with Crippen LogP contribution < -0.4 is 15.4 Å². The first-order valence-corrected chi connectivity index (χ1v) is 13.2. The summed E-state index contributed by atoms with van der Waals surface area (Å²) in [6.45, 7) is 7.10. The third kappa shape index (κ3) is 5.26. The molecular weight excluding hydrogens is 488 g/mol. The van der Waals surface area contributed by atoms with Crippen molar-refractivity contribution in [3.8, 4) is 5.75 Å².